The number of aryl methyl sites for hydroxylation is 1. The smallest absolute Gasteiger partial charge is 0.161 e. The lowest BCUT2D eigenvalue weighted by Crippen LogP contribution is -2.18. The molecule has 0 radical (unpaired) electrons. The van der Waals surface area contributed by atoms with Crippen molar-refractivity contribution in [1.82, 2.24) is 14.8 Å². The molecular formula is C11H13ClN4O. The molecule has 0 aromatic carbocycles. The van der Waals surface area contributed by atoms with Crippen LogP contribution >= 0.6 is 11.6 Å². The van der Waals surface area contributed by atoms with Gasteiger partial charge >= 0.3 is 0 Å². The van der Waals surface area contributed by atoms with Crippen molar-refractivity contribution in [1.29, 1.82) is 0 Å². The van der Waals surface area contributed by atoms with Gasteiger partial charge in [0.1, 0.15) is 5.69 Å². The lowest BCUT2D eigenvalue weighted by Gasteiger charge is -2.14. The van der Waals surface area contributed by atoms with Crippen LogP contribution in [0.1, 0.15) is 17.4 Å². The number of nitrogens with zero attached hydrogens (tertiary/aromatic N) is 3. The van der Waals surface area contributed by atoms with Crippen LogP contribution in [0.4, 0.5) is 0 Å². The lowest BCUT2D eigenvalue weighted by molar-refractivity contribution is 0.405. The van der Waals surface area contributed by atoms with Crippen LogP contribution in [0.15, 0.2) is 24.5 Å². The summed E-state index contributed by atoms with van der Waals surface area (Å²) in [5.41, 5.74) is 7.50. The van der Waals surface area contributed by atoms with E-state index in [-0.39, 0.29) is 0 Å². The fourth-order valence-corrected chi connectivity index (χ4v) is 1.93. The highest BCUT2D eigenvalue weighted by atomic mass is 35.5. The van der Waals surface area contributed by atoms with Crippen LogP contribution in [0, 0.1) is 0 Å². The third-order valence-corrected chi connectivity index (χ3v) is 2.86. The van der Waals surface area contributed by atoms with Crippen molar-refractivity contribution >= 4 is 11.6 Å². The topological polar surface area (TPSA) is 66.0 Å². The molecule has 5 nitrogen and oxygen atoms in total. The van der Waals surface area contributed by atoms with Crippen LogP contribution in [-0.2, 0) is 7.05 Å². The maximum absolute atomic E-state index is 6.15. The summed E-state index contributed by atoms with van der Waals surface area (Å²) in [6, 6.07) is 3.05. The van der Waals surface area contributed by atoms with Gasteiger partial charge in [0.2, 0.25) is 0 Å². The minimum absolute atomic E-state index is 0.467. The van der Waals surface area contributed by atoms with Crippen LogP contribution in [-0.4, -0.2) is 21.9 Å². The van der Waals surface area contributed by atoms with E-state index < -0.39 is 6.04 Å². The predicted octanol–water partition coefficient (Wildman–Crippen LogP) is 1.53. The highest BCUT2D eigenvalue weighted by Crippen LogP contribution is 2.29. The third kappa shape index (κ3) is 2.11. The minimum Gasteiger partial charge on any atom is -0.493 e. The molecule has 0 saturated carbocycles. The number of hydrogen-bond donors (Lipinski definition) is 1. The fourth-order valence-electron chi connectivity index (χ4n) is 1.69. The normalized spacial score (nSPS) is 12.5. The molecule has 0 aliphatic carbocycles. The van der Waals surface area contributed by atoms with Gasteiger partial charge < -0.3 is 10.5 Å². The molecule has 0 spiro atoms. The Morgan fingerprint density at radius 2 is 2.29 bits per heavy atom. The standard InChI is InChI=1S/C11H13ClN4O/c1-16-11(8(17-2)6-15-16)9(13)10-7(12)4-3-5-14-10/h3-6,9H,13H2,1-2H3. The van der Waals surface area contributed by atoms with Crippen LogP contribution < -0.4 is 10.5 Å². The van der Waals surface area contributed by atoms with Gasteiger partial charge in [-0.1, -0.05) is 11.6 Å². The van der Waals surface area contributed by atoms with E-state index in [2.05, 4.69) is 10.1 Å². The van der Waals surface area contributed by atoms with E-state index in [1.807, 2.05) is 0 Å². The van der Waals surface area contributed by atoms with E-state index in [4.69, 9.17) is 22.1 Å². The summed E-state index contributed by atoms with van der Waals surface area (Å²) in [4.78, 5) is 4.20. The number of nitrogens with two attached hydrogens (primary N) is 1. The summed E-state index contributed by atoms with van der Waals surface area (Å²) in [5.74, 6) is 0.627. The molecule has 0 amide bonds. The van der Waals surface area contributed by atoms with Crippen molar-refractivity contribution in [2.24, 2.45) is 12.8 Å². The Bertz CT molecular complexity index is 526. The molecule has 0 aliphatic rings. The Kier molecular flexibility index (Phi) is 3.31. The molecule has 1 unspecified atom stereocenters. The van der Waals surface area contributed by atoms with Gasteiger partial charge in [-0.3, -0.25) is 9.67 Å². The van der Waals surface area contributed by atoms with Gasteiger partial charge in [0.15, 0.2) is 5.75 Å². The summed E-state index contributed by atoms with van der Waals surface area (Å²) in [5, 5.41) is 4.64. The van der Waals surface area contributed by atoms with Crippen LogP contribution in [0.2, 0.25) is 5.02 Å². The van der Waals surface area contributed by atoms with Crippen LogP contribution in [0.5, 0.6) is 5.75 Å². The molecule has 90 valence electrons. The van der Waals surface area contributed by atoms with Gasteiger partial charge in [-0.15, -0.1) is 0 Å². The summed E-state index contributed by atoms with van der Waals surface area (Å²) in [6.07, 6.45) is 3.27. The average Bonchev–Trinajstić information content (AvgIpc) is 2.70. The molecule has 17 heavy (non-hydrogen) atoms. The Labute approximate surface area is 104 Å². The first kappa shape index (κ1) is 11.9. The van der Waals surface area contributed by atoms with Crippen LogP contribution in [0.25, 0.3) is 0 Å². The molecule has 2 aromatic rings. The van der Waals surface area contributed by atoms with Gasteiger partial charge in [0.05, 0.1) is 30.1 Å². The zero-order valence-corrected chi connectivity index (χ0v) is 10.3. The van der Waals surface area contributed by atoms with E-state index >= 15 is 0 Å². The molecule has 0 aliphatic heterocycles. The quantitative estimate of drug-likeness (QED) is 0.900. The van der Waals surface area contributed by atoms with E-state index in [9.17, 15) is 0 Å². The summed E-state index contributed by atoms with van der Waals surface area (Å²) in [6.45, 7) is 0. The Hall–Kier alpha value is -1.59. The predicted molar refractivity (Wildman–Crippen MR) is 65.0 cm³/mol. The highest BCUT2D eigenvalue weighted by Gasteiger charge is 2.21. The summed E-state index contributed by atoms with van der Waals surface area (Å²) < 4.78 is 6.88. The van der Waals surface area contributed by atoms with Gasteiger partial charge in [0.25, 0.3) is 0 Å². The molecular weight excluding hydrogens is 240 g/mol. The number of hydrogen-bond acceptors (Lipinski definition) is 4. The number of pyridine rings is 1. The Morgan fingerprint density at radius 3 is 2.94 bits per heavy atom. The third-order valence-electron chi connectivity index (χ3n) is 2.55. The SMILES string of the molecule is COc1cnn(C)c1C(N)c1ncccc1Cl. The molecule has 6 heteroatoms. The monoisotopic (exact) mass is 252 g/mol. The molecule has 2 heterocycles. The largest absolute Gasteiger partial charge is 0.493 e. The first-order chi connectivity index (χ1) is 8.15. The van der Waals surface area contributed by atoms with Crippen LogP contribution in [0.3, 0.4) is 0 Å². The molecule has 2 N–H and O–H groups in total. The number of rotatable bonds is 3. The van der Waals surface area contributed by atoms with Gasteiger partial charge in [-0.05, 0) is 12.1 Å². The van der Waals surface area contributed by atoms with Gasteiger partial charge in [-0.25, -0.2) is 0 Å². The first-order valence-electron chi connectivity index (χ1n) is 5.07. The number of aromatic nitrogens is 3. The van der Waals surface area contributed by atoms with E-state index in [1.54, 1.807) is 43.4 Å². The molecule has 2 aromatic heterocycles. The molecule has 0 bridgehead atoms. The average molecular weight is 253 g/mol. The van der Waals surface area contributed by atoms with Gasteiger partial charge in [-0.2, -0.15) is 5.10 Å². The fraction of sp³-hybridized carbons (Fsp3) is 0.273. The molecule has 0 fully saturated rings. The van der Waals surface area contributed by atoms with Gasteiger partial charge in [0, 0.05) is 13.2 Å². The van der Waals surface area contributed by atoms with E-state index in [0.29, 0.717) is 16.5 Å². The zero-order valence-electron chi connectivity index (χ0n) is 9.59. The second-order valence-corrected chi connectivity index (χ2v) is 3.98. The van der Waals surface area contributed by atoms with Crippen molar-refractivity contribution in [2.45, 2.75) is 6.04 Å². The molecule has 0 saturated heterocycles. The molecule has 2 rings (SSSR count). The van der Waals surface area contributed by atoms with Crippen molar-refractivity contribution in [3.05, 3.63) is 40.9 Å². The lowest BCUT2D eigenvalue weighted by atomic mass is 10.1. The van der Waals surface area contributed by atoms with Crippen molar-refractivity contribution in [3.8, 4) is 5.75 Å². The van der Waals surface area contributed by atoms with Crippen molar-refractivity contribution in [3.63, 3.8) is 0 Å². The maximum Gasteiger partial charge on any atom is 0.161 e. The first-order valence-corrected chi connectivity index (χ1v) is 5.44. The van der Waals surface area contributed by atoms with Crippen molar-refractivity contribution in [2.75, 3.05) is 7.11 Å². The summed E-state index contributed by atoms with van der Waals surface area (Å²) in [7, 11) is 3.38. The van der Waals surface area contributed by atoms with E-state index in [1.165, 1.54) is 0 Å². The van der Waals surface area contributed by atoms with E-state index in [0.717, 1.165) is 5.69 Å². The second-order valence-electron chi connectivity index (χ2n) is 3.57. The molecule has 1 atom stereocenters. The Morgan fingerprint density at radius 1 is 1.53 bits per heavy atom. The maximum atomic E-state index is 6.15. The number of halogens is 1. The number of methoxy groups -OCH3 is 1. The second kappa shape index (κ2) is 4.73. The minimum atomic E-state index is -0.467. The zero-order chi connectivity index (χ0) is 12.4. The Balaban J connectivity index is 2.47. The van der Waals surface area contributed by atoms with Crippen molar-refractivity contribution < 1.29 is 4.74 Å². The highest BCUT2D eigenvalue weighted by molar-refractivity contribution is 6.31. The number of ether oxygens (including phenoxy) is 1. The summed E-state index contributed by atoms with van der Waals surface area (Å²) >= 11 is 6.07.